The minimum absolute atomic E-state index is 0.379. The van der Waals surface area contributed by atoms with Gasteiger partial charge < -0.3 is 0 Å². The lowest BCUT2D eigenvalue weighted by Crippen LogP contribution is -2.20. The summed E-state index contributed by atoms with van der Waals surface area (Å²) in [5.74, 6) is -0.379. The fourth-order valence-corrected chi connectivity index (χ4v) is 1.47. The summed E-state index contributed by atoms with van der Waals surface area (Å²) in [4.78, 5) is 21.5. The van der Waals surface area contributed by atoms with Gasteiger partial charge in [-0.2, -0.15) is 0 Å². The Morgan fingerprint density at radius 2 is 1.80 bits per heavy atom. The van der Waals surface area contributed by atoms with Crippen LogP contribution in [0.1, 0.15) is 10.4 Å². The van der Waals surface area contributed by atoms with Crippen LogP contribution in [0.25, 0.3) is 10.8 Å². The summed E-state index contributed by atoms with van der Waals surface area (Å²) in [5, 5.41) is 4.16. The molecule has 0 bridgehead atoms. The van der Waals surface area contributed by atoms with Crippen molar-refractivity contribution >= 4 is 23.1 Å². The van der Waals surface area contributed by atoms with E-state index >= 15 is 0 Å². The summed E-state index contributed by atoms with van der Waals surface area (Å²) in [6, 6.07) is 13.0. The first kappa shape index (κ1) is 9.40. The van der Waals surface area contributed by atoms with E-state index in [2.05, 4.69) is 5.32 Å². The van der Waals surface area contributed by atoms with Gasteiger partial charge in [-0.25, -0.2) is 0 Å². The number of benzene rings is 2. The molecule has 2 aromatic carbocycles. The van der Waals surface area contributed by atoms with Gasteiger partial charge in [-0.05, 0) is 22.9 Å². The van der Waals surface area contributed by atoms with Crippen LogP contribution in [0.5, 0.6) is 0 Å². The maximum Gasteiger partial charge on any atom is 0.257 e. The number of rotatable bonds is 2. The number of imide groups is 1. The Morgan fingerprint density at radius 1 is 1.07 bits per heavy atom. The lowest BCUT2D eigenvalue weighted by molar-refractivity contribution is -0.108. The van der Waals surface area contributed by atoms with Gasteiger partial charge in [0, 0.05) is 5.56 Å². The molecule has 2 rings (SSSR count). The molecule has 15 heavy (non-hydrogen) atoms. The number of nitrogens with one attached hydrogen (secondary N) is 1. The summed E-state index contributed by atoms with van der Waals surface area (Å²) in [6.45, 7) is 0. The number of amides is 2. The minimum atomic E-state index is -0.379. The van der Waals surface area contributed by atoms with Crippen molar-refractivity contribution < 1.29 is 9.59 Å². The Labute approximate surface area is 86.7 Å². The third-order valence-corrected chi connectivity index (χ3v) is 2.20. The van der Waals surface area contributed by atoms with E-state index in [1.165, 1.54) is 0 Å². The quantitative estimate of drug-likeness (QED) is 0.748. The first-order valence-corrected chi connectivity index (χ1v) is 4.54. The second kappa shape index (κ2) is 3.92. The standard InChI is InChI=1S/C12H9NO2/c14-8-13-12(15)11-6-5-9-3-1-2-4-10(9)7-11/h1-8H,(H,13,14,15). The minimum Gasteiger partial charge on any atom is -0.295 e. The lowest BCUT2D eigenvalue weighted by Gasteiger charge is -2.01. The van der Waals surface area contributed by atoms with Crippen molar-refractivity contribution in [3.63, 3.8) is 0 Å². The summed E-state index contributed by atoms with van der Waals surface area (Å²) < 4.78 is 0. The summed E-state index contributed by atoms with van der Waals surface area (Å²) in [5.41, 5.74) is 0.487. The van der Waals surface area contributed by atoms with E-state index in [1.54, 1.807) is 12.1 Å². The second-order valence-electron chi connectivity index (χ2n) is 3.15. The van der Waals surface area contributed by atoms with E-state index in [0.717, 1.165) is 10.8 Å². The molecule has 2 amide bonds. The average molecular weight is 199 g/mol. The Bertz CT molecular complexity index is 520. The van der Waals surface area contributed by atoms with E-state index < -0.39 is 0 Å². The van der Waals surface area contributed by atoms with Gasteiger partial charge in [-0.15, -0.1) is 0 Å². The van der Waals surface area contributed by atoms with E-state index in [-0.39, 0.29) is 5.91 Å². The lowest BCUT2D eigenvalue weighted by atomic mass is 10.1. The highest BCUT2D eigenvalue weighted by Gasteiger charge is 2.04. The van der Waals surface area contributed by atoms with Gasteiger partial charge in [0.15, 0.2) is 0 Å². The van der Waals surface area contributed by atoms with Gasteiger partial charge >= 0.3 is 0 Å². The molecule has 0 radical (unpaired) electrons. The van der Waals surface area contributed by atoms with Crippen LogP contribution in [-0.2, 0) is 4.79 Å². The van der Waals surface area contributed by atoms with Crippen LogP contribution in [0.3, 0.4) is 0 Å². The van der Waals surface area contributed by atoms with Crippen molar-refractivity contribution in [2.75, 3.05) is 0 Å². The SMILES string of the molecule is O=CNC(=O)c1ccc2ccccc2c1. The van der Waals surface area contributed by atoms with Crippen LogP contribution in [0.4, 0.5) is 0 Å². The molecule has 1 N–H and O–H groups in total. The van der Waals surface area contributed by atoms with Crippen LogP contribution in [-0.4, -0.2) is 12.3 Å². The van der Waals surface area contributed by atoms with Crippen LogP contribution in [0.2, 0.25) is 0 Å². The highest BCUT2D eigenvalue weighted by molar-refractivity contribution is 6.02. The van der Waals surface area contributed by atoms with Crippen molar-refractivity contribution in [1.29, 1.82) is 0 Å². The average Bonchev–Trinajstić information content (AvgIpc) is 2.29. The monoisotopic (exact) mass is 199 g/mol. The predicted octanol–water partition coefficient (Wildman–Crippen LogP) is 1.73. The molecular formula is C12H9NO2. The van der Waals surface area contributed by atoms with Crippen LogP contribution >= 0.6 is 0 Å². The topological polar surface area (TPSA) is 46.2 Å². The van der Waals surface area contributed by atoms with Crippen LogP contribution in [0, 0.1) is 0 Å². The van der Waals surface area contributed by atoms with Crippen molar-refractivity contribution in [2.24, 2.45) is 0 Å². The molecule has 0 unspecified atom stereocenters. The molecule has 0 heterocycles. The van der Waals surface area contributed by atoms with Crippen molar-refractivity contribution in [3.8, 4) is 0 Å². The van der Waals surface area contributed by atoms with E-state index in [9.17, 15) is 9.59 Å². The Hall–Kier alpha value is -2.16. The molecule has 0 aliphatic heterocycles. The smallest absolute Gasteiger partial charge is 0.257 e. The van der Waals surface area contributed by atoms with Gasteiger partial charge in [0.2, 0.25) is 6.41 Å². The molecule has 2 aromatic rings. The molecular weight excluding hydrogens is 190 g/mol. The number of fused-ring (bicyclic) bond motifs is 1. The van der Waals surface area contributed by atoms with E-state index in [1.807, 2.05) is 30.3 Å². The van der Waals surface area contributed by atoms with E-state index in [0.29, 0.717) is 12.0 Å². The van der Waals surface area contributed by atoms with Crippen molar-refractivity contribution in [2.45, 2.75) is 0 Å². The zero-order chi connectivity index (χ0) is 10.7. The van der Waals surface area contributed by atoms with Gasteiger partial charge in [0.1, 0.15) is 0 Å². The Morgan fingerprint density at radius 3 is 2.53 bits per heavy atom. The number of carbonyl (C=O) groups excluding carboxylic acids is 2. The highest BCUT2D eigenvalue weighted by Crippen LogP contribution is 2.15. The number of hydrogen-bond acceptors (Lipinski definition) is 2. The van der Waals surface area contributed by atoms with Crippen LogP contribution in [0.15, 0.2) is 42.5 Å². The Balaban J connectivity index is 2.46. The molecule has 74 valence electrons. The third-order valence-electron chi connectivity index (χ3n) is 2.20. The summed E-state index contributed by atoms with van der Waals surface area (Å²) in [7, 11) is 0. The molecule has 3 heteroatoms. The van der Waals surface area contributed by atoms with Gasteiger partial charge in [-0.1, -0.05) is 30.3 Å². The van der Waals surface area contributed by atoms with Crippen molar-refractivity contribution in [3.05, 3.63) is 48.0 Å². The fraction of sp³-hybridized carbons (Fsp3) is 0. The molecule has 3 nitrogen and oxygen atoms in total. The molecule has 0 aliphatic rings. The maximum absolute atomic E-state index is 11.3. The fourth-order valence-electron chi connectivity index (χ4n) is 1.47. The van der Waals surface area contributed by atoms with Gasteiger partial charge in [-0.3, -0.25) is 14.9 Å². The summed E-state index contributed by atoms with van der Waals surface area (Å²) >= 11 is 0. The number of hydrogen-bond donors (Lipinski definition) is 1. The first-order valence-electron chi connectivity index (χ1n) is 4.54. The molecule has 0 spiro atoms. The number of carbonyl (C=O) groups is 2. The first-order chi connectivity index (χ1) is 7.31. The zero-order valence-electron chi connectivity index (χ0n) is 7.94. The van der Waals surface area contributed by atoms with E-state index in [4.69, 9.17) is 0 Å². The normalized spacial score (nSPS) is 9.87. The largest absolute Gasteiger partial charge is 0.295 e. The molecule has 0 fully saturated rings. The molecule has 0 atom stereocenters. The van der Waals surface area contributed by atoms with Crippen LogP contribution < -0.4 is 5.32 Å². The molecule has 0 saturated heterocycles. The zero-order valence-corrected chi connectivity index (χ0v) is 7.94. The van der Waals surface area contributed by atoms with Gasteiger partial charge in [0.05, 0.1) is 0 Å². The molecule has 0 saturated carbocycles. The molecule has 0 aliphatic carbocycles. The predicted molar refractivity (Wildman–Crippen MR) is 57.5 cm³/mol. The highest BCUT2D eigenvalue weighted by atomic mass is 16.2. The Kier molecular flexibility index (Phi) is 2.46. The van der Waals surface area contributed by atoms with Gasteiger partial charge in [0.25, 0.3) is 5.91 Å². The second-order valence-corrected chi connectivity index (χ2v) is 3.15. The molecule has 0 aromatic heterocycles. The van der Waals surface area contributed by atoms with Crippen molar-refractivity contribution in [1.82, 2.24) is 5.32 Å². The third kappa shape index (κ3) is 1.86. The summed E-state index contributed by atoms with van der Waals surface area (Å²) in [6.07, 6.45) is 0.386. The maximum atomic E-state index is 11.3.